The minimum absolute atomic E-state index is 0.0656. The lowest BCUT2D eigenvalue weighted by Gasteiger charge is -2.27. The summed E-state index contributed by atoms with van der Waals surface area (Å²) in [6, 6.07) is 0.859. The molecule has 0 aromatic carbocycles. The molecule has 2 aliphatic rings. The Hall–Kier alpha value is -0.610. The molecular weight excluding hydrogens is 250 g/mol. The largest absolute Gasteiger partial charge is 0.325 e. The zero-order valence-electron chi connectivity index (χ0n) is 13.4. The number of unbranched alkanes of at least 4 members (excludes halogenated alkanes) is 1. The molecular formula is C16H31N3O. The molecule has 1 amide bonds. The molecule has 1 saturated carbocycles. The predicted octanol–water partition coefficient (Wildman–Crippen LogP) is 2.20. The molecule has 1 aliphatic heterocycles. The van der Waals surface area contributed by atoms with Gasteiger partial charge in [0.15, 0.2) is 0 Å². The predicted molar refractivity (Wildman–Crippen MR) is 82.5 cm³/mol. The number of hydrogen-bond acceptors (Lipinski definition) is 3. The molecule has 1 aliphatic carbocycles. The van der Waals surface area contributed by atoms with Crippen molar-refractivity contribution in [3.63, 3.8) is 0 Å². The van der Waals surface area contributed by atoms with Crippen LogP contribution >= 0.6 is 0 Å². The van der Waals surface area contributed by atoms with Crippen molar-refractivity contribution in [2.75, 3.05) is 19.6 Å². The molecule has 116 valence electrons. The Balaban J connectivity index is 1.85. The fraction of sp³-hybridized carbons (Fsp3) is 0.938. The van der Waals surface area contributed by atoms with Gasteiger partial charge in [0.1, 0.15) is 0 Å². The molecule has 2 unspecified atom stereocenters. The van der Waals surface area contributed by atoms with E-state index in [0.717, 1.165) is 51.4 Å². The van der Waals surface area contributed by atoms with Gasteiger partial charge in [-0.2, -0.15) is 0 Å². The van der Waals surface area contributed by atoms with Crippen molar-refractivity contribution in [3.05, 3.63) is 0 Å². The number of nitrogens with zero attached hydrogens (tertiary/aromatic N) is 2. The van der Waals surface area contributed by atoms with Gasteiger partial charge in [-0.05, 0) is 32.2 Å². The van der Waals surface area contributed by atoms with Crippen LogP contribution in [-0.2, 0) is 4.79 Å². The second-order valence-corrected chi connectivity index (χ2v) is 6.18. The molecule has 2 atom stereocenters. The lowest BCUT2D eigenvalue weighted by Crippen LogP contribution is -2.42. The number of hydrogen-bond donors (Lipinski definition) is 1. The number of carbonyl (C=O) groups excluding carboxylic acids is 1. The van der Waals surface area contributed by atoms with Crippen molar-refractivity contribution >= 4 is 5.91 Å². The fourth-order valence-electron chi connectivity index (χ4n) is 3.24. The highest BCUT2D eigenvalue weighted by Gasteiger charge is 2.37. The van der Waals surface area contributed by atoms with Crippen LogP contribution in [0.25, 0.3) is 0 Å². The monoisotopic (exact) mass is 281 g/mol. The summed E-state index contributed by atoms with van der Waals surface area (Å²) in [6.45, 7) is 9.60. The van der Waals surface area contributed by atoms with Gasteiger partial charge >= 0.3 is 0 Å². The smallest absolute Gasteiger partial charge is 0.241 e. The van der Waals surface area contributed by atoms with Crippen LogP contribution in [0.3, 0.4) is 0 Å². The number of nitrogens with one attached hydrogen (secondary N) is 1. The zero-order chi connectivity index (χ0) is 14.5. The van der Waals surface area contributed by atoms with Gasteiger partial charge in [0.25, 0.3) is 0 Å². The molecule has 1 heterocycles. The molecule has 2 fully saturated rings. The maximum atomic E-state index is 12.5. The van der Waals surface area contributed by atoms with Gasteiger partial charge in [0.05, 0.1) is 12.2 Å². The Bertz CT molecular complexity index is 317. The summed E-state index contributed by atoms with van der Waals surface area (Å²) in [4.78, 5) is 17.1. The van der Waals surface area contributed by atoms with Gasteiger partial charge in [-0.15, -0.1) is 0 Å². The Morgan fingerprint density at radius 3 is 2.60 bits per heavy atom. The van der Waals surface area contributed by atoms with E-state index in [4.69, 9.17) is 0 Å². The van der Waals surface area contributed by atoms with Gasteiger partial charge in [-0.1, -0.05) is 33.6 Å². The first-order valence-electron chi connectivity index (χ1n) is 8.51. The van der Waals surface area contributed by atoms with Crippen molar-refractivity contribution in [1.29, 1.82) is 0 Å². The number of carbonyl (C=O) groups is 1. The topological polar surface area (TPSA) is 35.6 Å². The van der Waals surface area contributed by atoms with Crippen LogP contribution in [0.4, 0.5) is 0 Å². The van der Waals surface area contributed by atoms with E-state index < -0.39 is 0 Å². The summed E-state index contributed by atoms with van der Waals surface area (Å²) in [5.74, 6) is 0.331. The highest BCUT2D eigenvalue weighted by molar-refractivity contribution is 5.84. The second kappa shape index (κ2) is 7.41. The minimum Gasteiger partial charge on any atom is -0.325 e. The van der Waals surface area contributed by atoms with Gasteiger partial charge in [0.2, 0.25) is 5.91 Å². The molecule has 2 rings (SSSR count). The maximum Gasteiger partial charge on any atom is 0.241 e. The van der Waals surface area contributed by atoms with Crippen molar-refractivity contribution < 1.29 is 4.79 Å². The van der Waals surface area contributed by atoms with E-state index in [1.807, 2.05) is 0 Å². The van der Waals surface area contributed by atoms with Gasteiger partial charge in [-0.25, -0.2) is 0 Å². The van der Waals surface area contributed by atoms with E-state index in [1.54, 1.807) is 0 Å². The lowest BCUT2D eigenvalue weighted by atomic mass is 10.1. The van der Waals surface area contributed by atoms with Crippen LogP contribution in [0.1, 0.15) is 59.3 Å². The average Bonchev–Trinajstić information content (AvgIpc) is 3.24. The molecule has 0 bridgehead atoms. The van der Waals surface area contributed by atoms with Crippen molar-refractivity contribution in [2.24, 2.45) is 0 Å². The van der Waals surface area contributed by atoms with E-state index in [-0.39, 0.29) is 12.2 Å². The third-order valence-corrected chi connectivity index (χ3v) is 4.68. The van der Waals surface area contributed by atoms with Gasteiger partial charge < -0.3 is 4.90 Å². The van der Waals surface area contributed by atoms with E-state index in [0.29, 0.717) is 5.91 Å². The number of likely N-dealkylation sites (N-methyl/N-ethyl adjacent to an activating group) is 1. The Morgan fingerprint density at radius 2 is 2.05 bits per heavy atom. The minimum atomic E-state index is 0.0656. The van der Waals surface area contributed by atoms with E-state index in [2.05, 4.69) is 35.9 Å². The Morgan fingerprint density at radius 1 is 1.30 bits per heavy atom. The second-order valence-electron chi connectivity index (χ2n) is 6.18. The number of rotatable bonds is 9. The van der Waals surface area contributed by atoms with Crippen LogP contribution in [0.15, 0.2) is 0 Å². The molecule has 1 saturated heterocycles. The SMILES string of the molecule is CCCCC1NC(CC)N(CCN(CC)C2CC2)C1=O. The molecule has 1 N–H and O–H groups in total. The van der Waals surface area contributed by atoms with Crippen LogP contribution in [-0.4, -0.2) is 53.6 Å². The highest BCUT2D eigenvalue weighted by atomic mass is 16.2. The molecule has 0 aromatic heterocycles. The van der Waals surface area contributed by atoms with Crippen LogP contribution in [0, 0.1) is 0 Å². The molecule has 4 nitrogen and oxygen atoms in total. The quantitative estimate of drug-likeness (QED) is 0.704. The van der Waals surface area contributed by atoms with E-state index in [9.17, 15) is 4.79 Å². The molecule has 4 heteroatoms. The summed E-state index contributed by atoms with van der Waals surface area (Å²) < 4.78 is 0. The van der Waals surface area contributed by atoms with Crippen LogP contribution < -0.4 is 5.32 Å². The average molecular weight is 281 g/mol. The zero-order valence-corrected chi connectivity index (χ0v) is 13.4. The molecule has 0 radical (unpaired) electrons. The molecule has 0 aromatic rings. The fourth-order valence-corrected chi connectivity index (χ4v) is 3.24. The number of amides is 1. The summed E-state index contributed by atoms with van der Waals surface area (Å²) in [7, 11) is 0. The first-order chi connectivity index (χ1) is 9.71. The first kappa shape index (κ1) is 15.8. The molecule has 20 heavy (non-hydrogen) atoms. The van der Waals surface area contributed by atoms with Crippen molar-refractivity contribution in [3.8, 4) is 0 Å². The van der Waals surface area contributed by atoms with E-state index in [1.165, 1.54) is 12.8 Å². The third-order valence-electron chi connectivity index (χ3n) is 4.68. The van der Waals surface area contributed by atoms with Gasteiger partial charge in [-0.3, -0.25) is 15.0 Å². The maximum absolute atomic E-state index is 12.5. The lowest BCUT2D eigenvalue weighted by molar-refractivity contribution is -0.130. The van der Waals surface area contributed by atoms with Crippen LogP contribution in [0.2, 0.25) is 0 Å². The summed E-state index contributed by atoms with van der Waals surface area (Å²) in [6.07, 6.45) is 7.23. The van der Waals surface area contributed by atoms with Crippen molar-refractivity contribution in [1.82, 2.24) is 15.1 Å². The summed E-state index contributed by atoms with van der Waals surface area (Å²) >= 11 is 0. The first-order valence-corrected chi connectivity index (χ1v) is 8.51. The van der Waals surface area contributed by atoms with Crippen molar-refractivity contribution in [2.45, 2.75) is 77.5 Å². The standard InChI is InChI=1S/C16H31N3O/c1-4-7-8-14-16(20)19(15(5-2)17-14)12-11-18(6-3)13-9-10-13/h13-15,17H,4-12H2,1-3H3. The summed E-state index contributed by atoms with van der Waals surface area (Å²) in [5.41, 5.74) is 0. The normalized spacial score (nSPS) is 26.8. The molecule has 0 spiro atoms. The summed E-state index contributed by atoms with van der Waals surface area (Å²) in [5, 5.41) is 3.52. The Labute approximate surface area is 123 Å². The van der Waals surface area contributed by atoms with E-state index >= 15 is 0 Å². The third kappa shape index (κ3) is 3.73. The highest BCUT2D eigenvalue weighted by Crippen LogP contribution is 2.26. The van der Waals surface area contributed by atoms with Gasteiger partial charge in [0, 0.05) is 19.1 Å². The Kier molecular flexibility index (Phi) is 5.85. The van der Waals surface area contributed by atoms with Crippen LogP contribution in [0.5, 0.6) is 0 Å².